The van der Waals surface area contributed by atoms with Crippen LogP contribution in [0.3, 0.4) is 0 Å². The highest BCUT2D eigenvalue weighted by molar-refractivity contribution is 4.67. The fraction of sp³-hybridized carbons (Fsp3) is 1.00. The van der Waals surface area contributed by atoms with Crippen molar-refractivity contribution in [3.05, 3.63) is 0 Å². The van der Waals surface area contributed by atoms with E-state index in [-0.39, 0.29) is 0 Å². The van der Waals surface area contributed by atoms with Crippen molar-refractivity contribution in [2.45, 2.75) is 64.5 Å². The van der Waals surface area contributed by atoms with Crippen molar-refractivity contribution >= 4 is 0 Å². The molecule has 0 aromatic heterocycles. The molecule has 1 rings (SSSR count). The normalized spacial score (nSPS) is 20.8. The summed E-state index contributed by atoms with van der Waals surface area (Å²) in [5.41, 5.74) is 0. The molecule has 0 aromatic rings. The minimum absolute atomic E-state index is 0.492. The van der Waals surface area contributed by atoms with Crippen molar-refractivity contribution < 1.29 is 4.74 Å². The van der Waals surface area contributed by atoms with Crippen molar-refractivity contribution in [3.8, 4) is 0 Å². The van der Waals surface area contributed by atoms with Gasteiger partial charge in [0.05, 0.1) is 6.10 Å². The fourth-order valence-corrected chi connectivity index (χ4v) is 2.46. The van der Waals surface area contributed by atoms with Gasteiger partial charge in [0, 0.05) is 19.2 Å². The monoisotopic (exact) mass is 256 g/mol. The van der Waals surface area contributed by atoms with Crippen molar-refractivity contribution in [1.29, 1.82) is 0 Å². The molecule has 18 heavy (non-hydrogen) atoms. The summed E-state index contributed by atoms with van der Waals surface area (Å²) in [5, 5.41) is 3.47. The van der Waals surface area contributed by atoms with Crippen molar-refractivity contribution in [2.24, 2.45) is 0 Å². The van der Waals surface area contributed by atoms with Crippen LogP contribution in [0.2, 0.25) is 0 Å². The minimum atomic E-state index is 0.492. The lowest BCUT2D eigenvalue weighted by Crippen LogP contribution is -2.34. The maximum atomic E-state index is 5.77. The van der Waals surface area contributed by atoms with Crippen LogP contribution in [0.4, 0.5) is 0 Å². The number of hydrogen-bond acceptors (Lipinski definition) is 3. The standard InChI is InChI=1S/C15H32N2O/c1-14(2)16-10-6-4-7-11-17(3)13-15-9-5-8-12-18-15/h14-16H,4-13H2,1-3H3. The molecule has 1 fully saturated rings. The van der Waals surface area contributed by atoms with Gasteiger partial charge in [-0.25, -0.2) is 0 Å². The van der Waals surface area contributed by atoms with Gasteiger partial charge < -0.3 is 15.0 Å². The first kappa shape index (κ1) is 15.9. The first-order valence-electron chi connectivity index (χ1n) is 7.72. The zero-order valence-electron chi connectivity index (χ0n) is 12.6. The topological polar surface area (TPSA) is 24.5 Å². The first-order valence-corrected chi connectivity index (χ1v) is 7.72. The molecule has 0 spiro atoms. The smallest absolute Gasteiger partial charge is 0.0701 e. The predicted molar refractivity (Wildman–Crippen MR) is 78.1 cm³/mol. The second-order valence-electron chi connectivity index (χ2n) is 5.92. The molecular weight excluding hydrogens is 224 g/mol. The second-order valence-corrected chi connectivity index (χ2v) is 5.92. The summed E-state index contributed by atoms with van der Waals surface area (Å²) >= 11 is 0. The number of hydrogen-bond donors (Lipinski definition) is 1. The number of unbranched alkanes of at least 4 members (excludes halogenated alkanes) is 2. The third kappa shape index (κ3) is 8.06. The first-order chi connectivity index (χ1) is 8.68. The Morgan fingerprint density at radius 1 is 1.22 bits per heavy atom. The van der Waals surface area contributed by atoms with Gasteiger partial charge in [0.15, 0.2) is 0 Å². The van der Waals surface area contributed by atoms with E-state index in [1.807, 2.05) is 0 Å². The third-order valence-corrected chi connectivity index (χ3v) is 3.56. The van der Waals surface area contributed by atoms with Gasteiger partial charge in [-0.1, -0.05) is 20.3 Å². The molecule has 3 heteroatoms. The molecule has 108 valence electrons. The summed E-state index contributed by atoms with van der Waals surface area (Å²) < 4.78 is 5.77. The molecule has 1 aliphatic rings. The van der Waals surface area contributed by atoms with Gasteiger partial charge in [-0.3, -0.25) is 0 Å². The van der Waals surface area contributed by atoms with Crippen molar-refractivity contribution in [1.82, 2.24) is 10.2 Å². The molecule has 0 bridgehead atoms. The highest BCUT2D eigenvalue weighted by Gasteiger charge is 2.15. The molecule has 0 aliphatic carbocycles. The lowest BCUT2D eigenvalue weighted by atomic mass is 10.1. The van der Waals surface area contributed by atoms with E-state index in [1.165, 1.54) is 45.1 Å². The lowest BCUT2D eigenvalue weighted by molar-refractivity contribution is -0.00160. The average Bonchev–Trinajstić information content (AvgIpc) is 2.34. The Balaban J connectivity index is 1.91. The van der Waals surface area contributed by atoms with E-state index in [0.717, 1.165) is 19.7 Å². The Morgan fingerprint density at radius 2 is 2.06 bits per heavy atom. The van der Waals surface area contributed by atoms with E-state index in [0.29, 0.717) is 12.1 Å². The largest absolute Gasteiger partial charge is 0.377 e. The number of ether oxygens (including phenoxy) is 1. The molecule has 0 saturated carbocycles. The van der Waals surface area contributed by atoms with Crippen LogP contribution in [0.15, 0.2) is 0 Å². The summed E-state index contributed by atoms with van der Waals surface area (Å²) in [6.07, 6.45) is 8.28. The molecule has 1 aliphatic heterocycles. The zero-order chi connectivity index (χ0) is 13.2. The Kier molecular flexibility index (Phi) is 8.64. The van der Waals surface area contributed by atoms with Gasteiger partial charge in [-0.05, 0) is 52.2 Å². The molecule has 0 aromatic carbocycles. The van der Waals surface area contributed by atoms with E-state index < -0.39 is 0 Å². The van der Waals surface area contributed by atoms with Crippen LogP contribution in [0.25, 0.3) is 0 Å². The van der Waals surface area contributed by atoms with Crippen LogP contribution in [-0.4, -0.2) is 50.3 Å². The molecule has 0 amide bonds. The molecule has 0 radical (unpaired) electrons. The SMILES string of the molecule is CC(C)NCCCCCN(C)CC1CCCCO1. The summed E-state index contributed by atoms with van der Waals surface area (Å²) in [5.74, 6) is 0. The molecule has 1 N–H and O–H groups in total. The lowest BCUT2D eigenvalue weighted by Gasteiger charge is -2.27. The van der Waals surface area contributed by atoms with E-state index in [2.05, 4.69) is 31.1 Å². The summed E-state index contributed by atoms with van der Waals surface area (Å²) in [6, 6.07) is 0.621. The van der Waals surface area contributed by atoms with Gasteiger partial charge in [0.25, 0.3) is 0 Å². The molecular formula is C15H32N2O. The number of rotatable bonds is 9. The highest BCUT2D eigenvalue weighted by atomic mass is 16.5. The fourth-order valence-electron chi connectivity index (χ4n) is 2.46. The van der Waals surface area contributed by atoms with Crippen LogP contribution in [0.5, 0.6) is 0 Å². The van der Waals surface area contributed by atoms with Crippen molar-refractivity contribution in [2.75, 3.05) is 33.3 Å². The highest BCUT2D eigenvalue weighted by Crippen LogP contribution is 2.13. The molecule has 1 saturated heterocycles. The third-order valence-electron chi connectivity index (χ3n) is 3.56. The van der Waals surface area contributed by atoms with Crippen LogP contribution < -0.4 is 5.32 Å². The maximum absolute atomic E-state index is 5.77. The Hall–Kier alpha value is -0.120. The summed E-state index contributed by atoms with van der Waals surface area (Å²) in [7, 11) is 2.23. The number of nitrogens with zero attached hydrogens (tertiary/aromatic N) is 1. The van der Waals surface area contributed by atoms with E-state index in [1.54, 1.807) is 0 Å². The van der Waals surface area contributed by atoms with Crippen molar-refractivity contribution in [3.63, 3.8) is 0 Å². The molecule has 1 heterocycles. The minimum Gasteiger partial charge on any atom is -0.377 e. The molecule has 3 nitrogen and oxygen atoms in total. The van der Waals surface area contributed by atoms with E-state index in [4.69, 9.17) is 4.74 Å². The Morgan fingerprint density at radius 3 is 2.72 bits per heavy atom. The van der Waals surface area contributed by atoms with Gasteiger partial charge >= 0.3 is 0 Å². The number of likely N-dealkylation sites (N-methyl/N-ethyl adjacent to an activating group) is 1. The zero-order valence-corrected chi connectivity index (χ0v) is 12.6. The quantitative estimate of drug-likeness (QED) is 0.642. The van der Waals surface area contributed by atoms with Gasteiger partial charge in [0.2, 0.25) is 0 Å². The van der Waals surface area contributed by atoms with Gasteiger partial charge in [-0.15, -0.1) is 0 Å². The Bertz CT molecular complexity index is 191. The summed E-state index contributed by atoms with van der Waals surface area (Å²) in [6.45, 7) is 8.87. The predicted octanol–water partition coefficient (Wildman–Crippen LogP) is 2.66. The van der Waals surface area contributed by atoms with Gasteiger partial charge in [-0.2, -0.15) is 0 Å². The average molecular weight is 256 g/mol. The molecule has 1 unspecified atom stereocenters. The Labute approximate surface area is 113 Å². The maximum Gasteiger partial charge on any atom is 0.0701 e. The van der Waals surface area contributed by atoms with Crippen LogP contribution in [0, 0.1) is 0 Å². The van der Waals surface area contributed by atoms with Gasteiger partial charge in [0.1, 0.15) is 0 Å². The molecule has 1 atom stereocenters. The van der Waals surface area contributed by atoms with E-state index >= 15 is 0 Å². The number of nitrogens with one attached hydrogen (secondary N) is 1. The van der Waals surface area contributed by atoms with E-state index in [9.17, 15) is 0 Å². The van der Waals surface area contributed by atoms with Crippen LogP contribution in [-0.2, 0) is 4.74 Å². The second kappa shape index (κ2) is 9.76. The van der Waals surface area contributed by atoms with Crippen LogP contribution in [0.1, 0.15) is 52.4 Å². The summed E-state index contributed by atoms with van der Waals surface area (Å²) in [4.78, 5) is 2.44. The van der Waals surface area contributed by atoms with Crippen LogP contribution >= 0.6 is 0 Å².